The molecule has 0 bridgehead atoms. The van der Waals surface area contributed by atoms with Gasteiger partial charge in [-0.3, -0.25) is 9.52 Å². The van der Waals surface area contributed by atoms with Gasteiger partial charge < -0.3 is 5.32 Å². The van der Waals surface area contributed by atoms with E-state index in [1.165, 1.54) is 12.1 Å². The number of alkyl halides is 3. The second-order valence-electron chi connectivity index (χ2n) is 8.41. The Bertz CT molecular complexity index is 1390. The number of nitrogens with zero attached hydrogens (tertiary/aromatic N) is 2. The van der Waals surface area contributed by atoms with Gasteiger partial charge in [0.2, 0.25) is 5.13 Å². The van der Waals surface area contributed by atoms with Gasteiger partial charge >= 0.3 is 6.18 Å². The number of nitrogens with one attached hydrogen (secondary N) is 2. The zero-order valence-electron chi connectivity index (χ0n) is 18.5. The molecule has 0 fully saturated rings. The minimum absolute atomic E-state index is 0.0123. The van der Waals surface area contributed by atoms with Crippen LogP contribution in [0, 0.1) is 5.82 Å². The molecule has 186 valence electrons. The highest BCUT2D eigenvalue weighted by Gasteiger charge is 2.32. The van der Waals surface area contributed by atoms with Gasteiger partial charge in [-0.05, 0) is 54.3 Å². The summed E-state index contributed by atoms with van der Waals surface area (Å²) in [7, 11) is -3.92. The Morgan fingerprint density at radius 1 is 1.09 bits per heavy atom. The minimum Gasteiger partial charge on any atom is -0.349 e. The van der Waals surface area contributed by atoms with Crippen LogP contribution < -0.4 is 10.0 Å². The second kappa shape index (κ2) is 9.19. The Balaban J connectivity index is 1.45. The summed E-state index contributed by atoms with van der Waals surface area (Å²) >= 11 is 1.14. The number of aromatic nitrogens is 2. The number of carbonyl (C=O) groups excluding carboxylic acids is 1. The summed E-state index contributed by atoms with van der Waals surface area (Å²) in [6.45, 7) is 3.83. The molecule has 3 aromatic rings. The molecular weight excluding hydrogens is 508 g/mol. The molecule has 1 aliphatic rings. The van der Waals surface area contributed by atoms with Crippen molar-refractivity contribution in [3.05, 3.63) is 69.5 Å². The Hall–Kier alpha value is -3.06. The summed E-state index contributed by atoms with van der Waals surface area (Å²) in [5.41, 5.74) is -0.193. The zero-order valence-corrected chi connectivity index (χ0v) is 20.1. The molecule has 0 radical (unpaired) electrons. The first-order chi connectivity index (χ1) is 16.3. The van der Waals surface area contributed by atoms with E-state index in [0.717, 1.165) is 23.0 Å². The molecule has 1 atom stereocenters. The summed E-state index contributed by atoms with van der Waals surface area (Å²) < 4.78 is 80.3. The molecule has 13 heteroatoms. The van der Waals surface area contributed by atoms with Crippen LogP contribution in [0.15, 0.2) is 41.3 Å². The lowest BCUT2D eigenvalue weighted by molar-refractivity contribution is -0.137. The van der Waals surface area contributed by atoms with Crippen molar-refractivity contribution in [1.82, 2.24) is 15.5 Å². The highest BCUT2D eigenvalue weighted by atomic mass is 32.2. The van der Waals surface area contributed by atoms with Crippen LogP contribution in [0.3, 0.4) is 0 Å². The third-order valence-electron chi connectivity index (χ3n) is 5.45. The summed E-state index contributed by atoms with van der Waals surface area (Å²) in [5, 5.41) is 11.3. The molecule has 0 saturated heterocycles. The van der Waals surface area contributed by atoms with Crippen molar-refractivity contribution in [2.24, 2.45) is 0 Å². The number of hydrogen-bond acceptors (Lipinski definition) is 6. The number of carbonyl (C=O) groups is 1. The van der Waals surface area contributed by atoms with E-state index in [0.29, 0.717) is 23.1 Å². The first-order valence-corrected chi connectivity index (χ1v) is 12.8. The van der Waals surface area contributed by atoms with E-state index in [4.69, 9.17) is 0 Å². The van der Waals surface area contributed by atoms with Crippen LogP contribution in [0.1, 0.15) is 51.8 Å². The molecule has 0 spiro atoms. The van der Waals surface area contributed by atoms with Crippen molar-refractivity contribution >= 4 is 32.4 Å². The molecule has 2 aromatic carbocycles. The van der Waals surface area contributed by atoms with Gasteiger partial charge in [0.1, 0.15) is 10.8 Å². The average Bonchev–Trinajstić information content (AvgIpc) is 3.38. The van der Waals surface area contributed by atoms with Crippen molar-refractivity contribution in [3.63, 3.8) is 0 Å². The molecule has 1 unspecified atom stereocenters. The number of anilines is 1. The third-order valence-corrected chi connectivity index (χ3v) is 8.06. The average molecular weight is 529 g/mol. The van der Waals surface area contributed by atoms with E-state index in [-0.39, 0.29) is 28.4 Å². The van der Waals surface area contributed by atoms with Crippen molar-refractivity contribution in [3.8, 4) is 0 Å². The van der Waals surface area contributed by atoms with Crippen molar-refractivity contribution in [2.45, 2.75) is 49.7 Å². The molecule has 4 rings (SSSR count). The monoisotopic (exact) mass is 528 g/mol. The maximum absolute atomic E-state index is 14.1. The summed E-state index contributed by atoms with van der Waals surface area (Å²) in [6.07, 6.45) is -4.07. The lowest BCUT2D eigenvalue weighted by Gasteiger charge is -2.13. The second-order valence-corrected chi connectivity index (χ2v) is 11.1. The maximum Gasteiger partial charge on any atom is 0.416 e. The predicted molar refractivity (Wildman–Crippen MR) is 121 cm³/mol. The summed E-state index contributed by atoms with van der Waals surface area (Å²) in [4.78, 5) is 12.5. The zero-order chi connectivity index (χ0) is 25.5. The van der Waals surface area contributed by atoms with Gasteiger partial charge in [0, 0.05) is 12.0 Å². The number of rotatable bonds is 6. The van der Waals surface area contributed by atoms with Crippen molar-refractivity contribution in [2.75, 3.05) is 4.72 Å². The van der Waals surface area contributed by atoms with Gasteiger partial charge in [-0.1, -0.05) is 31.3 Å². The molecule has 35 heavy (non-hydrogen) atoms. The number of benzene rings is 2. The van der Waals surface area contributed by atoms with E-state index in [1.807, 2.05) is 13.8 Å². The van der Waals surface area contributed by atoms with Crippen LogP contribution in [0.4, 0.5) is 22.7 Å². The molecule has 1 aromatic heterocycles. The SMILES string of the molecule is CC(C)c1nnc(NS(=O)(=O)c2ccc3c(c2)CC(NC(=O)c2ccc(C(F)(F)F)cc2F)C3)s1. The smallest absolute Gasteiger partial charge is 0.349 e. The molecule has 0 aliphatic heterocycles. The molecule has 2 N–H and O–H groups in total. The highest BCUT2D eigenvalue weighted by molar-refractivity contribution is 7.93. The molecule has 1 amide bonds. The topological polar surface area (TPSA) is 101 Å². The van der Waals surface area contributed by atoms with E-state index in [1.54, 1.807) is 6.07 Å². The Morgan fingerprint density at radius 3 is 2.43 bits per heavy atom. The first kappa shape index (κ1) is 25.0. The Morgan fingerprint density at radius 2 is 1.80 bits per heavy atom. The number of halogens is 4. The number of sulfonamides is 1. The Labute approximate surface area is 202 Å². The van der Waals surface area contributed by atoms with Crippen LogP contribution in [-0.2, 0) is 29.0 Å². The lowest BCUT2D eigenvalue weighted by Crippen LogP contribution is -2.35. The summed E-state index contributed by atoms with van der Waals surface area (Å²) in [6, 6.07) is 5.82. The third kappa shape index (κ3) is 5.45. The Kier molecular flexibility index (Phi) is 6.58. The number of hydrogen-bond donors (Lipinski definition) is 2. The van der Waals surface area contributed by atoms with Gasteiger partial charge in [-0.15, -0.1) is 10.2 Å². The fourth-order valence-electron chi connectivity index (χ4n) is 3.69. The van der Waals surface area contributed by atoms with E-state index < -0.39 is 45.1 Å². The first-order valence-electron chi connectivity index (χ1n) is 10.5. The quantitative estimate of drug-likeness (QED) is 0.459. The van der Waals surface area contributed by atoms with Crippen molar-refractivity contribution in [1.29, 1.82) is 0 Å². The molecular formula is C22H20F4N4O3S2. The molecule has 1 heterocycles. The van der Waals surface area contributed by atoms with Crippen LogP contribution in [0.25, 0.3) is 0 Å². The van der Waals surface area contributed by atoms with Gasteiger partial charge in [0.25, 0.3) is 15.9 Å². The van der Waals surface area contributed by atoms with Crippen LogP contribution in [-0.4, -0.2) is 30.6 Å². The molecule has 7 nitrogen and oxygen atoms in total. The standard InChI is InChI=1S/C22H20F4N4O3S2/c1-11(2)20-28-29-21(34-20)30-35(32,33)16-5-3-12-7-15(8-13(12)9-16)27-19(31)17-6-4-14(10-18(17)23)22(24,25)26/h3-6,9-11,15H,7-8H2,1-2H3,(H,27,31)(H,29,30). The normalized spacial score (nSPS) is 15.8. The van der Waals surface area contributed by atoms with Crippen LogP contribution in [0.2, 0.25) is 0 Å². The number of amides is 1. The van der Waals surface area contributed by atoms with Gasteiger partial charge in [-0.25, -0.2) is 12.8 Å². The minimum atomic E-state index is -4.72. The maximum atomic E-state index is 14.1. The fraction of sp³-hybridized carbons (Fsp3) is 0.318. The van der Waals surface area contributed by atoms with Gasteiger partial charge in [0.05, 0.1) is 16.0 Å². The molecule has 1 aliphatic carbocycles. The predicted octanol–water partition coefficient (Wildman–Crippen LogP) is 4.52. The number of fused-ring (bicyclic) bond motifs is 1. The summed E-state index contributed by atoms with van der Waals surface area (Å²) in [5.74, 6) is -2.01. The fourth-order valence-corrected chi connectivity index (χ4v) is 5.71. The largest absolute Gasteiger partial charge is 0.416 e. The van der Waals surface area contributed by atoms with Gasteiger partial charge in [0.15, 0.2) is 0 Å². The van der Waals surface area contributed by atoms with Crippen molar-refractivity contribution < 1.29 is 30.8 Å². The van der Waals surface area contributed by atoms with E-state index >= 15 is 0 Å². The van der Waals surface area contributed by atoms with Crippen LogP contribution >= 0.6 is 11.3 Å². The lowest BCUT2D eigenvalue weighted by atomic mass is 10.1. The molecule has 0 saturated carbocycles. The highest BCUT2D eigenvalue weighted by Crippen LogP contribution is 2.31. The van der Waals surface area contributed by atoms with E-state index in [9.17, 15) is 30.8 Å². The van der Waals surface area contributed by atoms with Gasteiger partial charge in [-0.2, -0.15) is 13.2 Å². The van der Waals surface area contributed by atoms with Crippen LogP contribution in [0.5, 0.6) is 0 Å². The van der Waals surface area contributed by atoms with E-state index in [2.05, 4.69) is 20.2 Å².